The Hall–Kier alpha value is -4.26. The van der Waals surface area contributed by atoms with E-state index in [2.05, 4.69) is 129 Å². The predicted molar refractivity (Wildman–Crippen MR) is 220 cm³/mol. The van der Waals surface area contributed by atoms with E-state index in [0.29, 0.717) is 24.6 Å². The van der Waals surface area contributed by atoms with Crippen molar-refractivity contribution in [1.82, 2.24) is 15.0 Å². The van der Waals surface area contributed by atoms with Crippen LogP contribution in [0.2, 0.25) is 0 Å². The number of piperidine rings is 1. The molecular weight excluding hydrogens is 685 g/mol. The zero-order valence-electron chi connectivity index (χ0n) is 32.8. The number of aryl methyl sites for hydroxylation is 1. The maximum atomic E-state index is 9.13. The van der Waals surface area contributed by atoms with E-state index >= 15 is 0 Å². The molecule has 0 amide bonds. The van der Waals surface area contributed by atoms with Crippen molar-refractivity contribution < 1.29 is 13.7 Å². The Labute approximate surface area is 323 Å². The van der Waals surface area contributed by atoms with E-state index in [1.165, 1.54) is 36.1 Å². The van der Waals surface area contributed by atoms with Gasteiger partial charge in [0.2, 0.25) is 9.04 Å². The van der Waals surface area contributed by atoms with Crippen molar-refractivity contribution >= 4 is 30.4 Å². The summed E-state index contributed by atoms with van der Waals surface area (Å²) in [5.41, 5.74) is 4.82. The molecule has 2 aliphatic rings. The van der Waals surface area contributed by atoms with Gasteiger partial charge in [-0.05, 0) is 117 Å². The fourth-order valence-electron chi connectivity index (χ4n) is 8.60. The molecule has 1 aliphatic carbocycles. The fourth-order valence-corrected chi connectivity index (χ4v) is 11.4. The molecule has 7 rings (SSSR count). The van der Waals surface area contributed by atoms with E-state index in [9.17, 15) is 0 Å². The maximum absolute atomic E-state index is 9.13. The molecule has 1 aromatic heterocycles. The second kappa shape index (κ2) is 16.6. The molecule has 0 spiro atoms. The predicted octanol–water partition coefficient (Wildman–Crippen LogP) is 7.73. The summed E-state index contributed by atoms with van der Waals surface area (Å²) in [6.45, 7) is 11.7. The molecule has 282 valence electrons. The van der Waals surface area contributed by atoms with Crippen LogP contribution in [0.1, 0.15) is 75.3 Å². The van der Waals surface area contributed by atoms with Gasteiger partial charge in [-0.1, -0.05) is 98.7 Å². The molecule has 2 heterocycles. The normalized spacial score (nSPS) is 16.9. The lowest BCUT2D eigenvalue weighted by Gasteiger charge is -2.43. The molecule has 2 fully saturated rings. The molecule has 0 N–H and O–H groups in total. The van der Waals surface area contributed by atoms with Crippen LogP contribution in [0, 0.1) is 28.1 Å². The number of hydrogen-bond donors (Lipinski definition) is 0. The van der Waals surface area contributed by atoms with Gasteiger partial charge in [0.05, 0.1) is 29.0 Å². The molecule has 1 saturated heterocycles. The van der Waals surface area contributed by atoms with Gasteiger partial charge in [-0.2, -0.15) is 5.26 Å². The third-order valence-corrected chi connectivity index (χ3v) is 14.0. The van der Waals surface area contributed by atoms with Crippen molar-refractivity contribution in [3.63, 3.8) is 0 Å². The van der Waals surface area contributed by atoms with Crippen molar-refractivity contribution in [3.8, 4) is 11.8 Å². The van der Waals surface area contributed by atoms with Crippen LogP contribution in [0.3, 0.4) is 0 Å². The summed E-state index contributed by atoms with van der Waals surface area (Å²) in [7, 11) is 2.24. The lowest BCUT2D eigenvalue weighted by atomic mass is 9.78. The van der Waals surface area contributed by atoms with Crippen molar-refractivity contribution in [2.75, 3.05) is 33.7 Å². The monoisotopic (exact) mass is 740 g/mol. The first kappa shape index (κ1) is 38.0. The molecule has 54 heavy (non-hydrogen) atoms. The Kier molecular flexibility index (Phi) is 11.7. The molecule has 1 atom stereocenters. The van der Waals surface area contributed by atoms with Gasteiger partial charge in [-0.3, -0.25) is 0 Å². The average Bonchev–Trinajstić information content (AvgIpc) is 3.82. The van der Waals surface area contributed by atoms with Crippen LogP contribution in [-0.4, -0.2) is 63.8 Å². The van der Waals surface area contributed by atoms with E-state index in [-0.39, 0.29) is 16.9 Å². The number of hydrogen-bond acceptors (Lipinski definition) is 7. The highest BCUT2D eigenvalue weighted by atomic mass is 28.3. The molecule has 4 aromatic carbocycles. The van der Waals surface area contributed by atoms with Crippen LogP contribution in [0.4, 0.5) is 0 Å². The van der Waals surface area contributed by atoms with E-state index in [4.69, 9.17) is 18.9 Å². The van der Waals surface area contributed by atoms with Gasteiger partial charge in [0, 0.05) is 23.9 Å². The third-order valence-electron chi connectivity index (χ3n) is 11.5. The summed E-state index contributed by atoms with van der Waals surface area (Å²) in [4.78, 5) is 4.87. The maximum Gasteiger partial charge on any atom is 0.240 e. The molecule has 7 nitrogen and oxygen atoms in total. The minimum Gasteiger partial charge on any atom is -0.488 e. The van der Waals surface area contributed by atoms with E-state index < -0.39 is 9.04 Å². The molecule has 1 aliphatic heterocycles. The smallest absolute Gasteiger partial charge is 0.240 e. The second-order valence-electron chi connectivity index (χ2n) is 17.1. The quantitative estimate of drug-likeness (QED) is 0.102. The third kappa shape index (κ3) is 8.98. The van der Waals surface area contributed by atoms with Gasteiger partial charge in [-0.25, -0.2) is 0 Å². The SMILES string of the molecule is CN(C)Cc1c(OCc2ccc(C#N)cc2)ccc2c(CCC3CCN(CC4(C(O[SiH](c5ccccc5)c5ccccc5)C(C)(C)C)CC4)CC3)noc12. The highest BCUT2D eigenvalue weighted by Crippen LogP contribution is 2.55. The highest BCUT2D eigenvalue weighted by molar-refractivity contribution is 6.80. The van der Waals surface area contributed by atoms with Crippen LogP contribution >= 0.6 is 0 Å². The summed E-state index contributed by atoms with van der Waals surface area (Å²) in [5.74, 6) is 1.49. The zero-order chi connectivity index (χ0) is 37.7. The fraction of sp³-hybridized carbons (Fsp3) is 0.435. The van der Waals surface area contributed by atoms with Crippen LogP contribution in [0.25, 0.3) is 11.0 Å². The summed E-state index contributed by atoms with van der Waals surface area (Å²) in [6, 6.07) is 35.8. The van der Waals surface area contributed by atoms with Gasteiger partial charge in [0.25, 0.3) is 0 Å². The summed E-state index contributed by atoms with van der Waals surface area (Å²) in [6.07, 6.45) is 7.18. The zero-order valence-corrected chi connectivity index (χ0v) is 33.9. The first-order valence-corrected chi connectivity index (χ1v) is 21.4. The van der Waals surface area contributed by atoms with E-state index in [0.717, 1.165) is 66.0 Å². The lowest BCUT2D eigenvalue weighted by molar-refractivity contribution is 0.000123. The molecule has 0 bridgehead atoms. The summed E-state index contributed by atoms with van der Waals surface area (Å²) in [5, 5.41) is 17.5. The molecule has 1 saturated carbocycles. The van der Waals surface area contributed by atoms with Crippen LogP contribution < -0.4 is 15.1 Å². The van der Waals surface area contributed by atoms with Crippen molar-refractivity contribution in [2.24, 2.45) is 16.7 Å². The van der Waals surface area contributed by atoms with Crippen LogP contribution in [0.15, 0.2) is 102 Å². The minimum absolute atomic E-state index is 0.0499. The van der Waals surface area contributed by atoms with Gasteiger partial charge >= 0.3 is 0 Å². The van der Waals surface area contributed by atoms with Crippen LogP contribution in [0.5, 0.6) is 5.75 Å². The molecule has 5 aromatic rings. The number of rotatable bonds is 15. The standard InChI is InChI=1S/C46H56N4O3Si/c1-45(2,3)44(53-54(37-12-8-6-9-13-37)38-14-10-7-11-15-38)46(26-27-46)33-50-28-24-34(25-29-50)20-22-41-39-21-23-42(40(31-49(4)5)43(39)52-48-41)51-32-36-18-16-35(30-47)17-19-36/h6-19,21,23,34,44,54H,20,22,24-29,31-33H2,1-5H3. The van der Waals surface area contributed by atoms with E-state index in [1.807, 2.05) is 24.3 Å². The molecular formula is C46H56N4O3Si. The first-order chi connectivity index (χ1) is 26.1. The number of ether oxygens (including phenoxy) is 1. The van der Waals surface area contributed by atoms with Gasteiger partial charge < -0.3 is 23.5 Å². The number of aromatic nitrogens is 1. The first-order valence-electron chi connectivity index (χ1n) is 19.8. The summed E-state index contributed by atoms with van der Waals surface area (Å²) >= 11 is 0. The Balaban J connectivity index is 0.971. The second-order valence-corrected chi connectivity index (χ2v) is 19.5. The molecule has 8 heteroatoms. The Bertz CT molecular complexity index is 1970. The van der Waals surface area contributed by atoms with Crippen molar-refractivity contribution in [3.05, 3.63) is 119 Å². The number of likely N-dealkylation sites (tertiary alicyclic amines) is 1. The Morgan fingerprint density at radius 1 is 0.926 bits per heavy atom. The van der Waals surface area contributed by atoms with Crippen molar-refractivity contribution in [1.29, 1.82) is 5.26 Å². The Morgan fingerprint density at radius 3 is 2.15 bits per heavy atom. The largest absolute Gasteiger partial charge is 0.488 e. The highest BCUT2D eigenvalue weighted by Gasteiger charge is 2.55. The Morgan fingerprint density at radius 2 is 1.57 bits per heavy atom. The molecule has 1 unspecified atom stereocenters. The number of fused-ring (bicyclic) bond motifs is 1. The number of nitrogens with zero attached hydrogens (tertiary/aromatic N) is 4. The topological polar surface area (TPSA) is 74.8 Å². The van der Waals surface area contributed by atoms with Gasteiger partial charge in [0.1, 0.15) is 12.4 Å². The number of nitriles is 1. The average molecular weight is 741 g/mol. The van der Waals surface area contributed by atoms with Crippen LogP contribution in [-0.2, 0) is 24.0 Å². The van der Waals surface area contributed by atoms with Crippen molar-refractivity contribution in [2.45, 2.75) is 78.6 Å². The van der Waals surface area contributed by atoms with Gasteiger partial charge in [0.15, 0.2) is 5.58 Å². The lowest BCUT2D eigenvalue weighted by Crippen LogP contribution is -2.54. The summed E-state index contributed by atoms with van der Waals surface area (Å²) < 4.78 is 19.8. The molecule has 0 radical (unpaired) electrons. The van der Waals surface area contributed by atoms with Gasteiger partial charge in [-0.15, -0.1) is 0 Å². The van der Waals surface area contributed by atoms with E-state index in [1.54, 1.807) is 0 Å². The number of benzene rings is 4. The minimum atomic E-state index is -1.87.